The molecule has 2 amide bonds. The Bertz CT molecular complexity index is 1140. The number of rotatable bonds is 7. The minimum Gasteiger partial charge on any atom is -0.497 e. The second-order valence-electron chi connectivity index (χ2n) is 8.11. The summed E-state index contributed by atoms with van der Waals surface area (Å²) in [5, 5.41) is 5.94. The molecular weight excluding hydrogens is 430 g/mol. The second-order valence-corrected chi connectivity index (χ2v) is 8.11. The van der Waals surface area contributed by atoms with Crippen molar-refractivity contribution in [2.75, 3.05) is 39.1 Å². The van der Waals surface area contributed by atoms with Crippen LogP contribution in [0.1, 0.15) is 15.9 Å². The van der Waals surface area contributed by atoms with E-state index < -0.39 is 6.04 Å². The van der Waals surface area contributed by atoms with E-state index in [0.29, 0.717) is 36.8 Å². The molecule has 1 aliphatic rings. The number of aromatic nitrogens is 1. The Morgan fingerprint density at radius 3 is 2.65 bits per heavy atom. The molecular formula is C26H29N5O3. The SMILES string of the molecule is CNC(=O)[C@H]1CN(Cc2ccccc2)CCN1C(=O)c1cccnc1Nc1cccc(OC)c1. The Labute approximate surface area is 199 Å². The number of amides is 2. The van der Waals surface area contributed by atoms with Crippen molar-refractivity contribution in [1.82, 2.24) is 20.1 Å². The second kappa shape index (κ2) is 10.8. The summed E-state index contributed by atoms with van der Waals surface area (Å²) in [5.74, 6) is 0.718. The number of likely N-dealkylation sites (N-methyl/N-ethyl adjacent to an activating group) is 1. The number of methoxy groups -OCH3 is 1. The summed E-state index contributed by atoms with van der Waals surface area (Å²) in [6, 6.07) is 20.4. The van der Waals surface area contributed by atoms with Crippen molar-refractivity contribution >= 4 is 23.3 Å². The third kappa shape index (κ3) is 5.35. The van der Waals surface area contributed by atoms with Crippen LogP contribution in [0.5, 0.6) is 5.75 Å². The first-order valence-electron chi connectivity index (χ1n) is 11.2. The molecule has 2 aromatic carbocycles. The maximum Gasteiger partial charge on any atom is 0.258 e. The van der Waals surface area contributed by atoms with E-state index in [0.717, 1.165) is 12.2 Å². The number of ether oxygens (including phenoxy) is 1. The molecule has 0 unspecified atom stereocenters. The van der Waals surface area contributed by atoms with E-state index in [2.05, 4.69) is 32.7 Å². The maximum absolute atomic E-state index is 13.7. The van der Waals surface area contributed by atoms with Crippen LogP contribution in [0.25, 0.3) is 0 Å². The average molecular weight is 460 g/mol. The van der Waals surface area contributed by atoms with Gasteiger partial charge in [-0.3, -0.25) is 14.5 Å². The van der Waals surface area contributed by atoms with Gasteiger partial charge in [0, 0.05) is 51.2 Å². The fourth-order valence-corrected chi connectivity index (χ4v) is 4.13. The minimum atomic E-state index is -0.597. The summed E-state index contributed by atoms with van der Waals surface area (Å²) >= 11 is 0. The van der Waals surface area contributed by atoms with Crippen LogP contribution in [-0.4, -0.2) is 66.4 Å². The molecule has 1 atom stereocenters. The topological polar surface area (TPSA) is 86.8 Å². The number of nitrogens with zero attached hydrogens (tertiary/aromatic N) is 3. The number of hydrogen-bond acceptors (Lipinski definition) is 6. The zero-order chi connectivity index (χ0) is 23.9. The molecule has 2 N–H and O–H groups in total. The summed E-state index contributed by atoms with van der Waals surface area (Å²) in [7, 11) is 3.20. The number of piperazine rings is 1. The molecule has 0 spiro atoms. The number of carbonyl (C=O) groups is 2. The van der Waals surface area contributed by atoms with Crippen LogP contribution >= 0.6 is 0 Å². The van der Waals surface area contributed by atoms with Crippen molar-refractivity contribution in [3.8, 4) is 5.75 Å². The maximum atomic E-state index is 13.7. The molecule has 176 valence electrons. The van der Waals surface area contributed by atoms with E-state index in [1.807, 2.05) is 42.5 Å². The molecule has 8 nitrogen and oxygen atoms in total. The van der Waals surface area contributed by atoms with Gasteiger partial charge in [-0.1, -0.05) is 36.4 Å². The van der Waals surface area contributed by atoms with Gasteiger partial charge in [0.2, 0.25) is 5.91 Å². The largest absolute Gasteiger partial charge is 0.497 e. The first-order valence-corrected chi connectivity index (χ1v) is 11.2. The Balaban J connectivity index is 1.55. The number of carbonyl (C=O) groups excluding carboxylic acids is 2. The van der Waals surface area contributed by atoms with Crippen molar-refractivity contribution in [3.05, 3.63) is 84.1 Å². The van der Waals surface area contributed by atoms with E-state index in [-0.39, 0.29) is 11.8 Å². The molecule has 0 bridgehead atoms. The fraction of sp³-hybridized carbons (Fsp3) is 0.269. The smallest absolute Gasteiger partial charge is 0.258 e. The van der Waals surface area contributed by atoms with Gasteiger partial charge in [0.25, 0.3) is 5.91 Å². The Hall–Kier alpha value is -3.91. The third-order valence-electron chi connectivity index (χ3n) is 5.89. The predicted octanol–water partition coefficient (Wildman–Crippen LogP) is 2.91. The predicted molar refractivity (Wildman–Crippen MR) is 131 cm³/mol. The molecule has 0 aliphatic carbocycles. The summed E-state index contributed by atoms with van der Waals surface area (Å²) in [4.78, 5) is 34.7. The van der Waals surface area contributed by atoms with Crippen LogP contribution < -0.4 is 15.4 Å². The normalized spacial score (nSPS) is 16.1. The lowest BCUT2D eigenvalue weighted by molar-refractivity contribution is -0.127. The Morgan fingerprint density at radius 1 is 1.06 bits per heavy atom. The van der Waals surface area contributed by atoms with Gasteiger partial charge < -0.3 is 20.3 Å². The number of hydrogen-bond donors (Lipinski definition) is 2. The molecule has 1 aromatic heterocycles. The van der Waals surface area contributed by atoms with Crippen molar-refractivity contribution in [2.45, 2.75) is 12.6 Å². The number of pyridine rings is 1. The van der Waals surface area contributed by atoms with Gasteiger partial charge in [0.1, 0.15) is 17.6 Å². The quantitative estimate of drug-likeness (QED) is 0.565. The molecule has 1 saturated heterocycles. The van der Waals surface area contributed by atoms with Crippen LogP contribution in [-0.2, 0) is 11.3 Å². The van der Waals surface area contributed by atoms with Crippen molar-refractivity contribution in [2.24, 2.45) is 0 Å². The number of benzene rings is 2. The summed E-state index contributed by atoms with van der Waals surface area (Å²) in [5.41, 5.74) is 2.34. The van der Waals surface area contributed by atoms with E-state index in [9.17, 15) is 9.59 Å². The van der Waals surface area contributed by atoms with Crippen LogP contribution in [0.15, 0.2) is 72.9 Å². The highest BCUT2D eigenvalue weighted by Gasteiger charge is 2.36. The molecule has 0 saturated carbocycles. The first-order chi connectivity index (χ1) is 16.6. The van der Waals surface area contributed by atoms with Gasteiger partial charge in [-0.2, -0.15) is 0 Å². The minimum absolute atomic E-state index is 0.183. The van der Waals surface area contributed by atoms with Crippen molar-refractivity contribution < 1.29 is 14.3 Å². The van der Waals surface area contributed by atoms with Crippen molar-refractivity contribution in [1.29, 1.82) is 0 Å². The standard InChI is InChI=1S/C26H29N5O3/c1-27-25(32)23-18-30(17-19-8-4-3-5-9-19)14-15-31(23)26(33)22-12-7-13-28-24(22)29-20-10-6-11-21(16-20)34-2/h3-13,16,23H,14-15,17-18H2,1-2H3,(H,27,32)(H,28,29)/t23-/m1/s1. The molecule has 1 aliphatic heterocycles. The van der Waals surface area contributed by atoms with Crippen LogP contribution in [0.3, 0.4) is 0 Å². The zero-order valence-electron chi connectivity index (χ0n) is 19.4. The highest BCUT2D eigenvalue weighted by atomic mass is 16.5. The van der Waals surface area contributed by atoms with Gasteiger partial charge in [-0.25, -0.2) is 4.98 Å². The van der Waals surface area contributed by atoms with Gasteiger partial charge in [-0.15, -0.1) is 0 Å². The first kappa shape index (κ1) is 23.3. The summed E-state index contributed by atoms with van der Waals surface area (Å²) in [6.07, 6.45) is 1.63. The lowest BCUT2D eigenvalue weighted by Crippen LogP contribution is -2.60. The lowest BCUT2D eigenvalue weighted by Gasteiger charge is -2.40. The Morgan fingerprint density at radius 2 is 1.88 bits per heavy atom. The lowest BCUT2D eigenvalue weighted by atomic mass is 10.1. The molecule has 3 aromatic rings. The highest BCUT2D eigenvalue weighted by molar-refractivity contribution is 6.01. The van der Waals surface area contributed by atoms with E-state index in [1.165, 1.54) is 5.56 Å². The van der Waals surface area contributed by atoms with E-state index in [1.54, 1.807) is 37.4 Å². The highest BCUT2D eigenvalue weighted by Crippen LogP contribution is 2.25. The van der Waals surface area contributed by atoms with Gasteiger partial charge >= 0.3 is 0 Å². The van der Waals surface area contributed by atoms with Crippen LogP contribution in [0.2, 0.25) is 0 Å². The van der Waals surface area contributed by atoms with E-state index in [4.69, 9.17) is 4.74 Å². The monoisotopic (exact) mass is 459 g/mol. The molecule has 0 radical (unpaired) electrons. The molecule has 8 heteroatoms. The molecule has 1 fully saturated rings. The van der Waals surface area contributed by atoms with Crippen LogP contribution in [0, 0.1) is 0 Å². The number of anilines is 2. The van der Waals surface area contributed by atoms with Crippen LogP contribution in [0.4, 0.5) is 11.5 Å². The molecule has 4 rings (SSSR count). The third-order valence-corrected chi connectivity index (χ3v) is 5.89. The average Bonchev–Trinajstić information content (AvgIpc) is 2.89. The summed E-state index contributed by atoms with van der Waals surface area (Å²) in [6.45, 7) is 2.30. The zero-order valence-corrected chi connectivity index (χ0v) is 19.4. The fourth-order valence-electron chi connectivity index (χ4n) is 4.13. The van der Waals surface area contributed by atoms with Crippen molar-refractivity contribution in [3.63, 3.8) is 0 Å². The van der Waals surface area contributed by atoms with E-state index >= 15 is 0 Å². The van der Waals surface area contributed by atoms with Gasteiger partial charge in [0.15, 0.2) is 0 Å². The molecule has 2 heterocycles. The van der Waals surface area contributed by atoms with Gasteiger partial charge in [-0.05, 0) is 29.8 Å². The van der Waals surface area contributed by atoms with Gasteiger partial charge in [0.05, 0.1) is 12.7 Å². The summed E-state index contributed by atoms with van der Waals surface area (Å²) < 4.78 is 5.29. The molecule has 34 heavy (non-hydrogen) atoms. The number of nitrogens with one attached hydrogen (secondary N) is 2. The Kier molecular flexibility index (Phi) is 7.39.